The number of pyridine rings is 1. The summed E-state index contributed by atoms with van der Waals surface area (Å²) in [6.45, 7) is 3.47. The second kappa shape index (κ2) is 14.9. The molecule has 3 aromatic rings. The van der Waals surface area contributed by atoms with Gasteiger partial charge in [-0.15, -0.1) is 11.3 Å². The Hall–Kier alpha value is -4.89. The van der Waals surface area contributed by atoms with E-state index in [9.17, 15) is 32.5 Å². The molecule has 2 atom stereocenters. The molecule has 1 fully saturated rings. The highest BCUT2D eigenvalue weighted by atomic mass is 32.3. The van der Waals surface area contributed by atoms with Gasteiger partial charge in [0.15, 0.2) is 10.8 Å². The van der Waals surface area contributed by atoms with Crippen molar-refractivity contribution in [3.8, 4) is 16.9 Å². The summed E-state index contributed by atoms with van der Waals surface area (Å²) >= 11 is 0.952. The number of carbonyl (C=O) groups is 3. The summed E-state index contributed by atoms with van der Waals surface area (Å²) in [5, 5.41) is 20.9. The van der Waals surface area contributed by atoms with Crippen LogP contribution in [-0.4, -0.2) is 89.0 Å². The summed E-state index contributed by atoms with van der Waals surface area (Å²) < 4.78 is 44.7. The highest BCUT2D eigenvalue weighted by Gasteiger charge is 2.57. The molecule has 2 aromatic heterocycles. The molecular formula is C28H34N8O10S2. The van der Waals surface area contributed by atoms with Gasteiger partial charge in [0.25, 0.3) is 23.7 Å². The molecule has 2 amide bonds. The minimum Gasteiger partial charge on any atom is -0.724 e. The standard InChI is InChI=1S/C28H34N8O10S2/c1-28(2)23(25(38)36(28)46-48(41,42)43)33-24(37)22(19-15-47-27(30)32-19)34-45-20(26(39)40)14-44-18-7-5-16(6-8-18)17-9-12-35(3)21(13-17)31-11-4-10-29/h5-9,12-13,15,20,23H,4,10-11,14,29H2,1-3H3,(H5,30,32,33,37,39,40,41,42,43)/b34-22-/t20-,23?/m0/s1. The van der Waals surface area contributed by atoms with E-state index in [-0.39, 0.29) is 10.8 Å². The lowest BCUT2D eigenvalue weighted by molar-refractivity contribution is -0.657. The van der Waals surface area contributed by atoms with E-state index in [1.54, 1.807) is 24.3 Å². The van der Waals surface area contributed by atoms with Gasteiger partial charge in [0.2, 0.25) is 10.4 Å². The van der Waals surface area contributed by atoms with E-state index in [1.165, 1.54) is 19.2 Å². The predicted octanol–water partition coefficient (Wildman–Crippen LogP) is -0.272. The smallest absolute Gasteiger partial charge is 0.351 e. The van der Waals surface area contributed by atoms with E-state index in [4.69, 9.17) is 21.0 Å². The van der Waals surface area contributed by atoms with Gasteiger partial charge in [-0.2, -0.15) is 9.35 Å². The quantitative estimate of drug-likeness (QED) is 0.0244. The zero-order valence-corrected chi connectivity index (χ0v) is 27.6. The number of ether oxygens (including phenoxy) is 1. The van der Waals surface area contributed by atoms with Gasteiger partial charge in [0.1, 0.15) is 24.1 Å². The third kappa shape index (κ3) is 8.72. The molecule has 0 radical (unpaired) electrons. The topological polar surface area (TPSA) is 265 Å². The number of nitrogens with one attached hydrogen (secondary N) is 2. The lowest BCUT2D eigenvalue weighted by atomic mass is 9.84. The Balaban J connectivity index is 1.44. The van der Waals surface area contributed by atoms with Crippen molar-refractivity contribution in [1.82, 2.24) is 15.4 Å². The molecule has 0 spiro atoms. The van der Waals surface area contributed by atoms with Crippen LogP contribution in [0.15, 0.2) is 53.1 Å². The number of benzene rings is 1. The number of nitrogen functional groups attached to an aromatic ring is 1. The summed E-state index contributed by atoms with van der Waals surface area (Å²) in [5.41, 5.74) is 11.0. The van der Waals surface area contributed by atoms with E-state index >= 15 is 0 Å². The zero-order valence-electron chi connectivity index (χ0n) is 26.0. The van der Waals surface area contributed by atoms with Crippen LogP contribution in [0.1, 0.15) is 26.0 Å². The molecule has 0 aliphatic carbocycles. The molecule has 1 unspecified atom stereocenters. The van der Waals surface area contributed by atoms with E-state index in [0.29, 0.717) is 17.4 Å². The number of aliphatic carboxylic acids is 1. The molecular weight excluding hydrogens is 672 g/mol. The molecule has 258 valence electrons. The number of thiazole rings is 1. The Kier molecular flexibility index (Phi) is 11.2. The highest BCUT2D eigenvalue weighted by Crippen LogP contribution is 2.33. The molecule has 48 heavy (non-hydrogen) atoms. The van der Waals surface area contributed by atoms with Crippen LogP contribution in [0.5, 0.6) is 5.75 Å². The van der Waals surface area contributed by atoms with E-state index < -0.39 is 58.2 Å². The van der Waals surface area contributed by atoms with Crippen molar-refractivity contribution in [2.45, 2.75) is 38.0 Å². The molecule has 1 aliphatic heterocycles. The van der Waals surface area contributed by atoms with Crippen LogP contribution in [0.3, 0.4) is 0 Å². The minimum atomic E-state index is -5.27. The Bertz CT molecular complexity index is 1800. The maximum Gasteiger partial charge on any atom is 0.351 e. The minimum absolute atomic E-state index is 0.0517. The number of nitrogens with zero attached hydrogens (tertiary/aromatic N) is 4. The van der Waals surface area contributed by atoms with Crippen molar-refractivity contribution >= 4 is 56.2 Å². The highest BCUT2D eigenvalue weighted by molar-refractivity contribution is 7.80. The SMILES string of the molecule is C[n+]1ccc(-c2ccc(OC[C@H](O/N=C(\C(=O)NC3C(=O)N(OS(=O)(=O)[O-])C3(C)C)c3csc(N)n3)C(=O)O)cc2)cc1NCCCN. The van der Waals surface area contributed by atoms with Crippen molar-refractivity contribution in [2.75, 3.05) is 30.7 Å². The second-order valence-electron chi connectivity index (χ2n) is 10.9. The number of anilines is 2. The first-order valence-electron chi connectivity index (χ1n) is 14.3. The summed E-state index contributed by atoms with van der Waals surface area (Å²) in [4.78, 5) is 46.9. The van der Waals surface area contributed by atoms with Crippen molar-refractivity contribution in [3.63, 3.8) is 0 Å². The van der Waals surface area contributed by atoms with Crippen molar-refractivity contribution < 1.29 is 50.9 Å². The number of hydrogen-bond donors (Lipinski definition) is 5. The lowest BCUT2D eigenvalue weighted by Crippen LogP contribution is -2.76. The van der Waals surface area contributed by atoms with Crippen LogP contribution in [0.25, 0.3) is 11.1 Å². The van der Waals surface area contributed by atoms with Gasteiger partial charge < -0.3 is 36.0 Å². The number of nitrogens with two attached hydrogens (primary N) is 2. The Morgan fingerprint density at radius 1 is 1.25 bits per heavy atom. The van der Waals surface area contributed by atoms with Crippen molar-refractivity contribution in [3.05, 3.63) is 53.7 Å². The first kappa shape index (κ1) is 36.0. The Labute approximate surface area is 279 Å². The summed E-state index contributed by atoms with van der Waals surface area (Å²) in [6.07, 6.45) is 1.06. The maximum atomic E-state index is 13.2. The van der Waals surface area contributed by atoms with E-state index in [1.807, 2.05) is 29.9 Å². The zero-order chi connectivity index (χ0) is 35.2. The van der Waals surface area contributed by atoms with Crippen molar-refractivity contribution in [1.29, 1.82) is 0 Å². The third-order valence-electron chi connectivity index (χ3n) is 7.07. The monoisotopic (exact) mass is 706 g/mol. The summed E-state index contributed by atoms with van der Waals surface area (Å²) in [6, 6.07) is 9.51. The maximum absolute atomic E-state index is 13.2. The van der Waals surface area contributed by atoms with Gasteiger partial charge in [-0.05, 0) is 56.1 Å². The van der Waals surface area contributed by atoms with Crippen LogP contribution in [0, 0.1) is 0 Å². The molecule has 0 saturated carbocycles. The Morgan fingerprint density at radius 3 is 2.54 bits per heavy atom. The van der Waals surface area contributed by atoms with Crippen LogP contribution < -0.4 is 31.4 Å². The molecule has 1 aromatic carbocycles. The number of rotatable bonds is 16. The van der Waals surface area contributed by atoms with Gasteiger partial charge in [-0.1, -0.05) is 17.3 Å². The fraction of sp³-hybridized carbons (Fsp3) is 0.357. The molecule has 20 heteroatoms. The first-order chi connectivity index (χ1) is 22.6. The Morgan fingerprint density at radius 2 is 1.96 bits per heavy atom. The molecule has 3 heterocycles. The fourth-order valence-corrected chi connectivity index (χ4v) is 5.44. The summed E-state index contributed by atoms with van der Waals surface area (Å²) in [5.74, 6) is -2.28. The van der Waals surface area contributed by atoms with Crippen LogP contribution in [-0.2, 0) is 41.0 Å². The number of carbonyl (C=O) groups excluding carboxylic acids is 2. The number of carboxylic acid groups (broad SMARTS) is 1. The molecule has 1 saturated heterocycles. The fourth-order valence-electron chi connectivity index (χ4n) is 4.44. The van der Waals surface area contributed by atoms with Gasteiger partial charge in [0.05, 0.1) is 25.3 Å². The number of β-lactam (4-membered cyclic amide) rings is 1. The molecule has 0 bridgehead atoms. The third-order valence-corrected chi connectivity index (χ3v) is 8.08. The number of hydroxylamine groups is 2. The van der Waals surface area contributed by atoms with Gasteiger partial charge in [-0.3, -0.25) is 14.9 Å². The van der Waals surface area contributed by atoms with E-state index in [0.717, 1.165) is 41.2 Å². The molecule has 18 nitrogen and oxygen atoms in total. The lowest BCUT2D eigenvalue weighted by Gasteiger charge is -2.51. The molecule has 7 N–H and O–H groups in total. The van der Waals surface area contributed by atoms with Gasteiger partial charge in [0, 0.05) is 11.4 Å². The van der Waals surface area contributed by atoms with Crippen LogP contribution >= 0.6 is 11.3 Å². The average molecular weight is 707 g/mol. The number of aromatic nitrogens is 2. The molecule has 4 rings (SSSR count). The van der Waals surface area contributed by atoms with Gasteiger partial charge in [-0.25, -0.2) is 22.8 Å². The second-order valence-corrected chi connectivity index (χ2v) is 12.8. The van der Waals surface area contributed by atoms with Crippen LogP contribution in [0.4, 0.5) is 10.9 Å². The predicted molar refractivity (Wildman–Crippen MR) is 170 cm³/mol. The number of carboxylic acids is 1. The normalized spacial score (nSPS) is 16.5. The average Bonchev–Trinajstić information content (AvgIpc) is 3.46. The molecule has 1 aliphatic rings. The number of aryl methyl sites for hydroxylation is 1. The van der Waals surface area contributed by atoms with Crippen molar-refractivity contribution in [2.24, 2.45) is 17.9 Å². The summed E-state index contributed by atoms with van der Waals surface area (Å²) in [7, 11) is -3.35. The van der Waals surface area contributed by atoms with Crippen LogP contribution in [0.2, 0.25) is 0 Å². The number of amides is 2. The first-order valence-corrected chi connectivity index (χ1v) is 16.5. The number of oxime groups is 1. The van der Waals surface area contributed by atoms with Gasteiger partial charge >= 0.3 is 5.97 Å². The number of hydrogen-bond acceptors (Lipinski definition) is 15. The largest absolute Gasteiger partial charge is 0.724 e. The van der Waals surface area contributed by atoms with E-state index in [2.05, 4.69) is 25.1 Å².